The third-order valence-corrected chi connectivity index (χ3v) is 5.80. The van der Waals surface area contributed by atoms with Crippen LogP contribution in [0.4, 0.5) is 0 Å². The predicted molar refractivity (Wildman–Crippen MR) is 132 cm³/mol. The first-order valence-electron chi connectivity index (χ1n) is 10.6. The van der Waals surface area contributed by atoms with Crippen LogP contribution in [0.25, 0.3) is 33.2 Å². The number of aromatic nitrogens is 2. The van der Waals surface area contributed by atoms with E-state index in [1.807, 2.05) is 55.5 Å². The van der Waals surface area contributed by atoms with Crippen molar-refractivity contribution in [3.63, 3.8) is 0 Å². The van der Waals surface area contributed by atoms with Gasteiger partial charge in [-0.15, -0.1) is 0 Å². The Balaban J connectivity index is 1.76. The molecule has 0 aliphatic carbocycles. The molecule has 4 aromatic carbocycles. The molecule has 0 radical (unpaired) electrons. The number of hydrogen-bond acceptors (Lipinski definition) is 4. The standard InChI is InChI=1S/C27H21ClN2O3/c1-3-33-24-14-11-18(15-25(24)32-2)27(31)30-23-16-19(28)12-13-22(23)29-26(30)21-10-6-8-17-7-4-5-9-20(17)21/h4-16H,3H2,1-2H3. The van der Waals surface area contributed by atoms with Gasteiger partial charge in [-0.1, -0.05) is 54.1 Å². The Morgan fingerprint density at radius 3 is 2.61 bits per heavy atom. The summed E-state index contributed by atoms with van der Waals surface area (Å²) in [6.45, 7) is 2.40. The van der Waals surface area contributed by atoms with E-state index in [9.17, 15) is 4.79 Å². The van der Waals surface area contributed by atoms with E-state index in [2.05, 4.69) is 0 Å². The van der Waals surface area contributed by atoms with Gasteiger partial charge in [0, 0.05) is 16.1 Å². The van der Waals surface area contributed by atoms with Crippen LogP contribution >= 0.6 is 11.6 Å². The second-order valence-corrected chi connectivity index (χ2v) is 7.97. The summed E-state index contributed by atoms with van der Waals surface area (Å²) in [7, 11) is 1.56. The maximum Gasteiger partial charge on any atom is 0.264 e. The van der Waals surface area contributed by atoms with Crippen LogP contribution < -0.4 is 9.47 Å². The number of halogens is 1. The highest BCUT2D eigenvalue weighted by molar-refractivity contribution is 6.31. The van der Waals surface area contributed by atoms with Crippen LogP contribution in [0.3, 0.4) is 0 Å². The number of fused-ring (bicyclic) bond motifs is 2. The summed E-state index contributed by atoms with van der Waals surface area (Å²) >= 11 is 6.31. The van der Waals surface area contributed by atoms with Crippen molar-refractivity contribution >= 4 is 39.3 Å². The topological polar surface area (TPSA) is 53.4 Å². The maximum atomic E-state index is 13.9. The number of carbonyl (C=O) groups is 1. The van der Waals surface area contributed by atoms with Crippen LogP contribution in [0.15, 0.2) is 78.9 Å². The first-order chi connectivity index (χ1) is 16.1. The first kappa shape index (κ1) is 21.0. The lowest BCUT2D eigenvalue weighted by Gasteiger charge is -2.13. The fourth-order valence-electron chi connectivity index (χ4n) is 4.06. The molecule has 33 heavy (non-hydrogen) atoms. The van der Waals surface area contributed by atoms with Gasteiger partial charge in [-0.05, 0) is 54.1 Å². The molecule has 5 aromatic rings. The molecule has 0 aliphatic heterocycles. The normalized spacial score (nSPS) is 11.1. The summed E-state index contributed by atoms with van der Waals surface area (Å²) in [6.07, 6.45) is 0. The van der Waals surface area contributed by atoms with Gasteiger partial charge in [-0.25, -0.2) is 4.98 Å². The third-order valence-electron chi connectivity index (χ3n) is 5.56. The van der Waals surface area contributed by atoms with Crippen molar-refractivity contribution in [2.24, 2.45) is 0 Å². The Bertz CT molecular complexity index is 1500. The van der Waals surface area contributed by atoms with Crippen molar-refractivity contribution in [1.29, 1.82) is 0 Å². The SMILES string of the molecule is CCOc1ccc(C(=O)n2c(-c3cccc4ccccc34)nc3ccc(Cl)cc32)cc1OC. The van der Waals surface area contributed by atoms with Gasteiger partial charge in [0.05, 0.1) is 24.8 Å². The van der Waals surface area contributed by atoms with Crippen molar-refractivity contribution in [2.45, 2.75) is 6.92 Å². The molecule has 1 aromatic heterocycles. The molecule has 0 N–H and O–H groups in total. The van der Waals surface area contributed by atoms with E-state index in [1.165, 1.54) is 0 Å². The van der Waals surface area contributed by atoms with Gasteiger partial charge in [-0.3, -0.25) is 9.36 Å². The van der Waals surface area contributed by atoms with Gasteiger partial charge < -0.3 is 9.47 Å². The fraction of sp³-hybridized carbons (Fsp3) is 0.111. The zero-order valence-corrected chi connectivity index (χ0v) is 19.0. The monoisotopic (exact) mass is 456 g/mol. The number of hydrogen-bond donors (Lipinski definition) is 0. The number of carbonyl (C=O) groups excluding carboxylic acids is 1. The van der Waals surface area contributed by atoms with Crippen molar-refractivity contribution in [3.8, 4) is 22.9 Å². The number of methoxy groups -OCH3 is 1. The largest absolute Gasteiger partial charge is 0.493 e. The zero-order chi connectivity index (χ0) is 22.9. The highest BCUT2D eigenvalue weighted by Gasteiger charge is 2.22. The molecule has 0 amide bonds. The van der Waals surface area contributed by atoms with E-state index in [4.69, 9.17) is 26.1 Å². The molecular formula is C27H21ClN2O3. The second-order valence-electron chi connectivity index (χ2n) is 7.53. The quantitative estimate of drug-likeness (QED) is 0.299. The molecule has 0 saturated heterocycles. The third kappa shape index (κ3) is 3.70. The van der Waals surface area contributed by atoms with Gasteiger partial charge in [-0.2, -0.15) is 0 Å². The van der Waals surface area contributed by atoms with Gasteiger partial charge >= 0.3 is 0 Å². The Kier molecular flexibility index (Phi) is 5.48. The van der Waals surface area contributed by atoms with E-state index >= 15 is 0 Å². The average Bonchev–Trinajstić information content (AvgIpc) is 3.22. The summed E-state index contributed by atoms with van der Waals surface area (Å²) < 4.78 is 12.7. The highest BCUT2D eigenvalue weighted by atomic mass is 35.5. The van der Waals surface area contributed by atoms with E-state index < -0.39 is 0 Å². The van der Waals surface area contributed by atoms with Crippen LogP contribution in [0.5, 0.6) is 11.5 Å². The fourth-order valence-corrected chi connectivity index (χ4v) is 4.23. The molecule has 164 valence electrons. The summed E-state index contributed by atoms with van der Waals surface area (Å²) in [6, 6.07) is 24.6. The van der Waals surface area contributed by atoms with Crippen molar-refractivity contribution in [1.82, 2.24) is 9.55 Å². The first-order valence-corrected chi connectivity index (χ1v) is 11.0. The van der Waals surface area contributed by atoms with Gasteiger partial charge in [0.15, 0.2) is 11.5 Å². The number of nitrogens with zero attached hydrogens (tertiary/aromatic N) is 2. The molecule has 1 heterocycles. The van der Waals surface area contributed by atoms with Crippen LogP contribution in [-0.2, 0) is 0 Å². The van der Waals surface area contributed by atoms with Gasteiger partial charge in [0.2, 0.25) is 0 Å². The lowest BCUT2D eigenvalue weighted by atomic mass is 10.0. The Morgan fingerprint density at radius 1 is 0.970 bits per heavy atom. The minimum absolute atomic E-state index is 0.232. The van der Waals surface area contributed by atoms with E-state index in [0.29, 0.717) is 45.5 Å². The van der Waals surface area contributed by atoms with Crippen LogP contribution in [0.1, 0.15) is 17.3 Å². The van der Waals surface area contributed by atoms with Crippen molar-refractivity contribution in [3.05, 3.63) is 89.4 Å². The minimum Gasteiger partial charge on any atom is -0.493 e. The van der Waals surface area contributed by atoms with E-state index in [1.54, 1.807) is 42.0 Å². The molecular weight excluding hydrogens is 436 g/mol. The van der Waals surface area contributed by atoms with Crippen molar-refractivity contribution in [2.75, 3.05) is 13.7 Å². The lowest BCUT2D eigenvalue weighted by Crippen LogP contribution is -2.14. The second kappa shape index (κ2) is 8.60. The van der Waals surface area contributed by atoms with Crippen LogP contribution in [0.2, 0.25) is 5.02 Å². The molecule has 0 atom stereocenters. The Labute approximate surface area is 196 Å². The molecule has 0 saturated carbocycles. The summed E-state index contributed by atoms with van der Waals surface area (Å²) in [5.74, 6) is 1.41. The van der Waals surface area contributed by atoms with E-state index in [-0.39, 0.29) is 5.91 Å². The predicted octanol–water partition coefficient (Wildman–Crippen LogP) is 6.61. The number of ether oxygens (including phenoxy) is 2. The molecule has 5 nitrogen and oxygen atoms in total. The van der Waals surface area contributed by atoms with Crippen LogP contribution in [0, 0.1) is 0 Å². The molecule has 0 spiro atoms. The average molecular weight is 457 g/mol. The maximum absolute atomic E-state index is 13.9. The number of benzene rings is 4. The van der Waals surface area contributed by atoms with E-state index in [0.717, 1.165) is 16.3 Å². The van der Waals surface area contributed by atoms with Gasteiger partial charge in [0.1, 0.15) is 5.82 Å². The molecule has 0 bridgehead atoms. The Hall–Kier alpha value is -3.83. The van der Waals surface area contributed by atoms with Gasteiger partial charge in [0.25, 0.3) is 5.91 Å². The number of rotatable bonds is 5. The molecule has 6 heteroatoms. The van der Waals surface area contributed by atoms with Crippen molar-refractivity contribution < 1.29 is 14.3 Å². The molecule has 0 unspecified atom stereocenters. The van der Waals surface area contributed by atoms with Crippen LogP contribution in [-0.4, -0.2) is 29.2 Å². The zero-order valence-electron chi connectivity index (χ0n) is 18.2. The lowest BCUT2D eigenvalue weighted by molar-refractivity contribution is 0.0966. The Morgan fingerprint density at radius 2 is 1.79 bits per heavy atom. The molecule has 0 fully saturated rings. The molecule has 0 aliphatic rings. The smallest absolute Gasteiger partial charge is 0.264 e. The summed E-state index contributed by atoms with van der Waals surface area (Å²) in [5, 5.41) is 2.62. The minimum atomic E-state index is -0.232. The highest BCUT2D eigenvalue weighted by Crippen LogP contribution is 2.34. The summed E-state index contributed by atoms with van der Waals surface area (Å²) in [4.78, 5) is 18.7. The summed E-state index contributed by atoms with van der Waals surface area (Å²) in [5.41, 5.74) is 2.65. The molecule has 5 rings (SSSR count). The number of imidazole rings is 1.